The van der Waals surface area contributed by atoms with E-state index in [0.717, 1.165) is 0 Å². The lowest BCUT2D eigenvalue weighted by Crippen LogP contribution is -2.50. The Kier molecular flexibility index (Phi) is 6.04. The molecule has 1 aromatic rings. The molecule has 128 valence electrons. The van der Waals surface area contributed by atoms with E-state index in [1.54, 1.807) is 18.0 Å². The van der Waals surface area contributed by atoms with Crippen molar-refractivity contribution in [1.29, 1.82) is 0 Å². The van der Waals surface area contributed by atoms with Crippen LogP contribution in [0.25, 0.3) is 0 Å². The fraction of sp³-hybridized carbons (Fsp3) is 0.688. The van der Waals surface area contributed by atoms with Gasteiger partial charge in [0.05, 0.1) is 31.2 Å². The summed E-state index contributed by atoms with van der Waals surface area (Å²) in [5.74, 6) is -0.273. The Morgan fingerprint density at radius 2 is 2.13 bits per heavy atom. The molecule has 2 heterocycles. The second kappa shape index (κ2) is 7.81. The van der Waals surface area contributed by atoms with E-state index in [1.165, 1.54) is 6.20 Å². The van der Waals surface area contributed by atoms with Crippen LogP contribution in [0.5, 0.6) is 0 Å². The number of rotatable bonds is 5. The summed E-state index contributed by atoms with van der Waals surface area (Å²) in [4.78, 5) is 22.6. The smallest absolute Gasteiger partial charge is 0.274 e. The van der Waals surface area contributed by atoms with Crippen molar-refractivity contribution in [3.05, 3.63) is 23.8 Å². The first-order valence-corrected chi connectivity index (χ1v) is 7.90. The molecule has 0 bridgehead atoms. The summed E-state index contributed by atoms with van der Waals surface area (Å²) < 4.78 is 5.30. The van der Waals surface area contributed by atoms with Crippen LogP contribution in [0.2, 0.25) is 0 Å². The Hall–Kier alpha value is -1.57. The van der Waals surface area contributed by atoms with Crippen LogP contribution >= 0.6 is 0 Å². The van der Waals surface area contributed by atoms with Gasteiger partial charge in [0.1, 0.15) is 11.8 Å². The van der Waals surface area contributed by atoms with Crippen LogP contribution in [0.15, 0.2) is 12.4 Å². The zero-order chi connectivity index (χ0) is 17.0. The lowest BCUT2D eigenvalue weighted by atomic mass is 9.95. The van der Waals surface area contributed by atoms with Gasteiger partial charge in [0, 0.05) is 25.2 Å². The number of carbonyl (C=O) groups is 1. The van der Waals surface area contributed by atoms with Gasteiger partial charge in [-0.3, -0.25) is 9.78 Å². The first-order chi connectivity index (χ1) is 10.9. The molecule has 7 heteroatoms. The van der Waals surface area contributed by atoms with Crippen LogP contribution < -0.4 is 0 Å². The predicted octanol–water partition coefficient (Wildman–Crippen LogP) is 0.251. The summed E-state index contributed by atoms with van der Waals surface area (Å²) >= 11 is 0. The van der Waals surface area contributed by atoms with Crippen molar-refractivity contribution in [1.82, 2.24) is 14.9 Å². The van der Waals surface area contributed by atoms with E-state index in [2.05, 4.69) is 9.97 Å². The van der Waals surface area contributed by atoms with Crippen LogP contribution in [0.1, 0.15) is 30.0 Å². The average Bonchev–Trinajstić information content (AvgIpc) is 2.50. The maximum absolute atomic E-state index is 12.7. The van der Waals surface area contributed by atoms with E-state index in [-0.39, 0.29) is 30.0 Å². The molecule has 2 N–H and O–H groups in total. The Morgan fingerprint density at radius 3 is 2.78 bits per heavy atom. The Balaban J connectivity index is 2.14. The van der Waals surface area contributed by atoms with Gasteiger partial charge in [-0.05, 0) is 12.8 Å². The zero-order valence-electron chi connectivity index (χ0n) is 13.8. The molecule has 2 rings (SSSR count). The average molecular weight is 323 g/mol. The van der Waals surface area contributed by atoms with Crippen LogP contribution in [-0.2, 0) is 4.74 Å². The second-order valence-corrected chi connectivity index (χ2v) is 6.51. The molecule has 0 aliphatic carbocycles. The number of hydrogen-bond donors (Lipinski definition) is 2. The Bertz CT molecular complexity index is 538. The number of hydrogen-bond acceptors (Lipinski definition) is 6. The maximum atomic E-state index is 12.7. The Morgan fingerprint density at radius 1 is 1.39 bits per heavy atom. The molecule has 1 aromatic heterocycles. The van der Waals surface area contributed by atoms with Gasteiger partial charge in [0.2, 0.25) is 0 Å². The molecular formula is C16H25N3O4. The summed E-state index contributed by atoms with van der Waals surface area (Å²) in [6.07, 6.45) is 1.24. The number of carbonyl (C=O) groups excluding carboxylic acids is 1. The van der Waals surface area contributed by atoms with Gasteiger partial charge in [0.15, 0.2) is 0 Å². The minimum absolute atomic E-state index is 0.124. The van der Waals surface area contributed by atoms with Crippen molar-refractivity contribution >= 4 is 5.91 Å². The normalized spacial score (nSPS) is 24.7. The van der Waals surface area contributed by atoms with Crippen LogP contribution in [0, 0.1) is 18.8 Å². The quantitative estimate of drug-likeness (QED) is 0.806. The second-order valence-electron chi connectivity index (χ2n) is 6.51. The number of aromatic nitrogens is 2. The van der Waals surface area contributed by atoms with E-state index in [0.29, 0.717) is 25.4 Å². The number of aryl methyl sites for hydroxylation is 1. The molecule has 1 saturated heterocycles. The molecule has 1 fully saturated rings. The third kappa shape index (κ3) is 4.70. The molecule has 1 aliphatic heterocycles. The highest BCUT2D eigenvalue weighted by Crippen LogP contribution is 2.18. The number of amides is 1. The van der Waals surface area contributed by atoms with Crippen molar-refractivity contribution in [2.24, 2.45) is 11.8 Å². The fourth-order valence-corrected chi connectivity index (χ4v) is 2.70. The lowest BCUT2D eigenvalue weighted by molar-refractivity contribution is -0.124. The van der Waals surface area contributed by atoms with Gasteiger partial charge >= 0.3 is 0 Å². The molecule has 7 nitrogen and oxygen atoms in total. The zero-order valence-corrected chi connectivity index (χ0v) is 13.8. The molecule has 3 atom stereocenters. The summed E-state index contributed by atoms with van der Waals surface area (Å²) in [5, 5.41) is 19.9. The lowest BCUT2D eigenvalue weighted by Gasteiger charge is -2.35. The highest BCUT2D eigenvalue weighted by Gasteiger charge is 2.34. The van der Waals surface area contributed by atoms with Gasteiger partial charge < -0.3 is 19.8 Å². The van der Waals surface area contributed by atoms with Crippen LogP contribution in [0.3, 0.4) is 0 Å². The monoisotopic (exact) mass is 323 g/mol. The molecule has 0 radical (unpaired) electrons. The van der Waals surface area contributed by atoms with Crippen LogP contribution in [0.4, 0.5) is 0 Å². The molecule has 0 unspecified atom stereocenters. The van der Waals surface area contributed by atoms with E-state index in [4.69, 9.17) is 4.74 Å². The molecule has 23 heavy (non-hydrogen) atoms. The highest BCUT2D eigenvalue weighted by molar-refractivity contribution is 5.92. The third-order valence-electron chi connectivity index (χ3n) is 3.80. The molecule has 1 aliphatic rings. The topological polar surface area (TPSA) is 95.8 Å². The summed E-state index contributed by atoms with van der Waals surface area (Å²) in [5.41, 5.74) is 0.967. The molecule has 0 aromatic carbocycles. The van der Waals surface area contributed by atoms with Gasteiger partial charge in [-0.1, -0.05) is 13.8 Å². The number of nitrogens with zero attached hydrogens (tertiary/aromatic N) is 3. The fourth-order valence-electron chi connectivity index (χ4n) is 2.70. The van der Waals surface area contributed by atoms with E-state index in [1.807, 2.05) is 13.8 Å². The number of aliphatic hydroxyl groups is 2. The van der Waals surface area contributed by atoms with Crippen molar-refractivity contribution in [2.75, 3.05) is 26.3 Å². The van der Waals surface area contributed by atoms with Crippen molar-refractivity contribution in [3.63, 3.8) is 0 Å². The van der Waals surface area contributed by atoms with Gasteiger partial charge in [0.25, 0.3) is 5.91 Å². The van der Waals surface area contributed by atoms with Gasteiger partial charge in [-0.15, -0.1) is 0 Å². The Labute approximate surface area is 136 Å². The predicted molar refractivity (Wildman–Crippen MR) is 83.8 cm³/mol. The molecule has 1 amide bonds. The first-order valence-electron chi connectivity index (χ1n) is 7.90. The van der Waals surface area contributed by atoms with Gasteiger partial charge in [-0.2, -0.15) is 0 Å². The summed E-state index contributed by atoms with van der Waals surface area (Å²) in [6, 6.07) is 0. The molecule has 0 spiro atoms. The first kappa shape index (κ1) is 17.8. The van der Waals surface area contributed by atoms with Crippen molar-refractivity contribution < 1.29 is 19.7 Å². The van der Waals surface area contributed by atoms with E-state index >= 15 is 0 Å². The van der Waals surface area contributed by atoms with Crippen molar-refractivity contribution in [2.45, 2.75) is 33.0 Å². The maximum Gasteiger partial charge on any atom is 0.274 e. The van der Waals surface area contributed by atoms with Gasteiger partial charge in [-0.25, -0.2) is 4.98 Å². The molecular weight excluding hydrogens is 298 g/mol. The highest BCUT2D eigenvalue weighted by atomic mass is 16.5. The van der Waals surface area contributed by atoms with Crippen molar-refractivity contribution in [3.8, 4) is 0 Å². The number of ether oxygens (including phenoxy) is 1. The SMILES string of the molecule is Cc1cncc(C(=O)N(CC(C)C)C[C@@H]2COC[C@@H](O)[C@H]2O)n1. The number of aliphatic hydroxyl groups excluding tert-OH is 2. The van der Waals surface area contributed by atoms with E-state index in [9.17, 15) is 15.0 Å². The summed E-state index contributed by atoms with van der Waals surface area (Å²) in [7, 11) is 0. The van der Waals surface area contributed by atoms with E-state index < -0.39 is 12.2 Å². The minimum Gasteiger partial charge on any atom is -0.390 e. The largest absolute Gasteiger partial charge is 0.390 e. The molecule has 0 saturated carbocycles. The summed E-state index contributed by atoms with van der Waals surface area (Å²) in [6.45, 7) is 7.11. The third-order valence-corrected chi connectivity index (χ3v) is 3.80. The van der Waals surface area contributed by atoms with Crippen LogP contribution in [-0.4, -0.2) is 69.5 Å². The minimum atomic E-state index is -0.913. The standard InChI is InChI=1S/C16H25N3O4/c1-10(2)6-19(7-12-8-23-9-14(20)15(12)21)16(22)13-5-17-4-11(3)18-13/h4-5,10,12,14-15,20-21H,6-9H2,1-3H3/t12-,14-,15+/m1/s1.